The predicted octanol–water partition coefficient (Wildman–Crippen LogP) is 1.66. The minimum absolute atomic E-state index is 0.0358. The zero-order valence-electron chi connectivity index (χ0n) is 19.2. The van der Waals surface area contributed by atoms with Gasteiger partial charge in [-0.25, -0.2) is 17.5 Å². The molecule has 182 valence electrons. The van der Waals surface area contributed by atoms with E-state index in [4.69, 9.17) is 9.47 Å². The first kappa shape index (κ1) is 25.2. The van der Waals surface area contributed by atoms with E-state index in [9.17, 15) is 22.8 Å². The highest BCUT2D eigenvalue weighted by Gasteiger charge is 2.26. The van der Waals surface area contributed by atoms with Crippen LogP contribution in [0, 0.1) is 0 Å². The monoisotopic (exact) mass is 489 g/mol. The molecule has 34 heavy (non-hydrogen) atoms. The van der Waals surface area contributed by atoms with Crippen LogP contribution < -0.4 is 15.0 Å². The minimum Gasteiger partial charge on any atom is -0.496 e. The second-order valence-corrected chi connectivity index (χ2v) is 9.97. The van der Waals surface area contributed by atoms with Crippen LogP contribution in [0.5, 0.6) is 5.75 Å². The molecule has 1 heterocycles. The molecule has 0 aliphatic carbocycles. The van der Waals surface area contributed by atoms with Gasteiger partial charge < -0.3 is 14.4 Å². The second-order valence-electron chi connectivity index (χ2n) is 7.81. The van der Waals surface area contributed by atoms with Crippen molar-refractivity contribution in [2.45, 2.75) is 17.7 Å². The Morgan fingerprint density at radius 2 is 1.71 bits per heavy atom. The molecule has 0 atom stereocenters. The van der Waals surface area contributed by atoms with Gasteiger partial charge in [0, 0.05) is 27.2 Å². The van der Waals surface area contributed by atoms with Crippen LogP contribution in [0.2, 0.25) is 0 Å². The summed E-state index contributed by atoms with van der Waals surface area (Å²) in [4.78, 5) is 39.4. The number of rotatable bonds is 8. The maximum absolute atomic E-state index is 12.9. The molecule has 0 saturated carbocycles. The molecule has 0 spiro atoms. The van der Waals surface area contributed by atoms with Crippen molar-refractivity contribution in [2.24, 2.45) is 0 Å². The van der Waals surface area contributed by atoms with Gasteiger partial charge in [-0.2, -0.15) is 0 Å². The van der Waals surface area contributed by atoms with E-state index in [1.165, 1.54) is 39.4 Å². The van der Waals surface area contributed by atoms with Crippen molar-refractivity contribution in [2.75, 3.05) is 45.8 Å². The maximum atomic E-state index is 12.9. The van der Waals surface area contributed by atoms with Gasteiger partial charge in [0.25, 0.3) is 11.8 Å². The lowest BCUT2D eigenvalue weighted by Crippen LogP contribution is -2.34. The van der Waals surface area contributed by atoms with Gasteiger partial charge >= 0.3 is 5.97 Å². The molecule has 0 unspecified atom stereocenters. The molecule has 1 aliphatic heterocycles. The minimum atomic E-state index is -3.79. The average Bonchev–Trinajstić information content (AvgIpc) is 3.36. The third-order valence-electron chi connectivity index (χ3n) is 5.35. The molecule has 0 bridgehead atoms. The van der Waals surface area contributed by atoms with Crippen LogP contribution in [0.15, 0.2) is 47.4 Å². The van der Waals surface area contributed by atoms with Crippen LogP contribution in [0.3, 0.4) is 0 Å². The van der Waals surface area contributed by atoms with Gasteiger partial charge in [-0.3, -0.25) is 14.9 Å². The van der Waals surface area contributed by atoms with Crippen LogP contribution in [-0.4, -0.2) is 71.4 Å². The van der Waals surface area contributed by atoms with Gasteiger partial charge in [-0.1, -0.05) is 12.1 Å². The number of carbonyl (C=O) groups excluding carboxylic acids is 3. The zero-order valence-corrected chi connectivity index (χ0v) is 20.1. The molecule has 1 N–H and O–H groups in total. The Kier molecular flexibility index (Phi) is 7.90. The van der Waals surface area contributed by atoms with Crippen LogP contribution in [0.25, 0.3) is 0 Å². The van der Waals surface area contributed by atoms with Gasteiger partial charge in [0.1, 0.15) is 5.75 Å². The Labute approximate surface area is 198 Å². The third kappa shape index (κ3) is 5.54. The maximum Gasteiger partial charge on any atom is 0.340 e. The number of amides is 2. The number of nitrogens with zero attached hydrogens (tertiary/aromatic N) is 2. The summed E-state index contributed by atoms with van der Waals surface area (Å²) in [6, 6.07) is 10.6. The topological polar surface area (TPSA) is 122 Å². The number of esters is 1. The molecule has 1 saturated heterocycles. The summed E-state index contributed by atoms with van der Waals surface area (Å²) in [6.45, 7) is 0.714. The van der Waals surface area contributed by atoms with Crippen molar-refractivity contribution in [3.05, 3.63) is 53.6 Å². The number of para-hydroxylation sites is 1. The van der Waals surface area contributed by atoms with Gasteiger partial charge in [0.2, 0.25) is 10.0 Å². The smallest absolute Gasteiger partial charge is 0.340 e. The van der Waals surface area contributed by atoms with Crippen LogP contribution in [-0.2, 0) is 19.6 Å². The fraction of sp³-hybridized carbons (Fsp3) is 0.348. The molecular formula is C23H27N3O7S. The Bertz CT molecular complexity index is 1190. The van der Waals surface area contributed by atoms with Crippen LogP contribution >= 0.6 is 0 Å². The first-order valence-corrected chi connectivity index (χ1v) is 12.0. The van der Waals surface area contributed by atoms with E-state index in [1.54, 1.807) is 24.3 Å². The number of ether oxygens (including phenoxy) is 2. The predicted molar refractivity (Wildman–Crippen MR) is 125 cm³/mol. The van der Waals surface area contributed by atoms with E-state index < -0.39 is 34.4 Å². The summed E-state index contributed by atoms with van der Waals surface area (Å²) in [5.74, 6) is -2.10. The highest BCUT2D eigenvalue weighted by Crippen LogP contribution is 2.28. The molecule has 11 heteroatoms. The molecule has 0 aromatic heterocycles. The van der Waals surface area contributed by atoms with Crippen molar-refractivity contribution >= 4 is 33.5 Å². The Morgan fingerprint density at radius 1 is 1.03 bits per heavy atom. The number of hydrogen-bond donors (Lipinski definition) is 1. The number of anilines is 1. The molecule has 1 fully saturated rings. The lowest BCUT2D eigenvalue weighted by atomic mass is 10.1. The highest BCUT2D eigenvalue weighted by molar-refractivity contribution is 7.89. The zero-order chi connectivity index (χ0) is 24.9. The molecule has 10 nitrogen and oxygen atoms in total. The summed E-state index contributed by atoms with van der Waals surface area (Å²) >= 11 is 0. The lowest BCUT2D eigenvalue weighted by Gasteiger charge is -2.22. The van der Waals surface area contributed by atoms with E-state index in [1.807, 2.05) is 4.90 Å². The number of carbonyl (C=O) groups is 3. The summed E-state index contributed by atoms with van der Waals surface area (Å²) < 4.78 is 36.4. The molecule has 0 radical (unpaired) electrons. The van der Waals surface area contributed by atoms with E-state index >= 15 is 0 Å². The summed E-state index contributed by atoms with van der Waals surface area (Å²) in [5.41, 5.74) is 0.724. The van der Waals surface area contributed by atoms with Crippen molar-refractivity contribution in [1.82, 2.24) is 9.62 Å². The van der Waals surface area contributed by atoms with E-state index in [2.05, 4.69) is 5.32 Å². The number of benzene rings is 2. The quantitative estimate of drug-likeness (QED) is 0.556. The first-order valence-electron chi connectivity index (χ1n) is 10.6. The highest BCUT2D eigenvalue weighted by atomic mass is 32.2. The first-order chi connectivity index (χ1) is 16.1. The molecule has 1 aliphatic rings. The third-order valence-corrected chi connectivity index (χ3v) is 7.16. The number of imide groups is 1. The standard InChI is InChI=1S/C23H27N3O7S/c1-25(2)34(30,31)16-10-11-19(26-12-6-7-13-26)18(14-16)23(29)33-15-21(27)24-22(28)17-8-4-5-9-20(17)32-3/h4-5,8-11,14H,6-7,12-13,15H2,1-3H3,(H,24,27,28). The van der Waals surface area contributed by atoms with Gasteiger partial charge in [0.15, 0.2) is 6.61 Å². The van der Waals surface area contributed by atoms with E-state index in [0.29, 0.717) is 24.5 Å². The van der Waals surface area contributed by atoms with Crippen LogP contribution in [0.4, 0.5) is 5.69 Å². The van der Waals surface area contributed by atoms with Crippen molar-refractivity contribution in [1.29, 1.82) is 0 Å². The van der Waals surface area contributed by atoms with Gasteiger partial charge in [-0.15, -0.1) is 0 Å². The molecule has 2 aromatic rings. The SMILES string of the molecule is COc1ccccc1C(=O)NC(=O)COC(=O)c1cc(S(=O)(=O)N(C)C)ccc1N1CCCC1. The molecule has 2 amide bonds. The Morgan fingerprint density at radius 3 is 2.35 bits per heavy atom. The Balaban J connectivity index is 1.76. The summed E-state index contributed by atoms with van der Waals surface area (Å²) in [5, 5.41) is 2.15. The Hall–Kier alpha value is -3.44. The summed E-state index contributed by atoms with van der Waals surface area (Å²) in [7, 11) is 0.402. The fourth-order valence-electron chi connectivity index (χ4n) is 3.55. The van der Waals surface area contributed by atoms with Gasteiger partial charge in [-0.05, 0) is 43.2 Å². The van der Waals surface area contributed by atoms with Crippen molar-refractivity contribution < 1.29 is 32.3 Å². The number of hydrogen-bond acceptors (Lipinski definition) is 8. The number of sulfonamides is 1. The molecule has 2 aromatic carbocycles. The summed E-state index contributed by atoms with van der Waals surface area (Å²) in [6.07, 6.45) is 1.89. The van der Waals surface area contributed by atoms with Crippen molar-refractivity contribution in [3.63, 3.8) is 0 Å². The number of nitrogens with one attached hydrogen (secondary N) is 1. The largest absolute Gasteiger partial charge is 0.496 e. The second kappa shape index (κ2) is 10.7. The van der Waals surface area contributed by atoms with Gasteiger partial charge in [0.05, 0.1) is 28.8 Å². The van der Waals surface area contributed by atoms with Crippen LogP contribution in [0.1, 0.15) is 33.6 Å². The fourth-order valence-corrected chi connectivity index (χ4v) is 4.48. The molecule has 3 rings (SSSR count). The average molecular weight is 490 g/mol. The lowest BCUT2D eigenvalue weighted by molar-refractivity contribution is -0.123. The normalized spacial score (nSPS) is 13.6. The van der Waals surface area contributed by atoms with E-state index in [0.717, 1.165) is 17.1 Å². The van der Waals surface area contributed by atoms with E-state index in [-0.39, 0.29) is 16.0 Å². The molecular weight excluding hydrogens is 462 g/mol. The van der Waals surface area contributed by atoms with Crippen molar-refractivity contribution in [3.8, 4) is 5.75 Å². The number of methoxy groups -OCH3 is 1.